The summed E-state index contributed by atoms with van der Waals surface area (Å²) in [5.74, 6) is 0.391. The molecule has 3 aromatic carbocycles. The first kappa shape index (κ1) is 14.5. The van der Waals surface area contributed by atoms with Crippen LogP contribution in [0.3, 0.4) is 0 Å². The topological polar surface area (TPSA) is 23.5 Å². The maximum Gasteiger partial charge on any atom is 0.126 e. The number of aryl methyl sites for hydroxylation is 1. The zero-order valence-electron chi connectivity index (χ0n) is 13.3. The molecule has 112 valence electrons. The Morgan fingerprint density at radius 2 is 1.55 bits per heavy atom. The molecule has 0 unspecified atom stereocenters. The van der Waals surface area contributed by atoms with Gasteiger partial charge in [-0.3, -0.25) is 0 Å². The number of rotatable bonds is 3. The predicted octanol–water partition coefficient (Wildman–Crippen LogP) is 4.51. The van der Waals surface area contributed by atoms with Gasteiger partial charge in [-0.15, -0.1) is 0 Å². The number of anilines is 1. The fraction of sp³-hybridized carbons (Fsp3) is 0.200. The Morgan fingerprint density at radius 1 is 0.909 bits per heavy atom. The van der Waals surface area contributed by atoms with E-state index >= 15 is 0 Å². The molecule has 2 heteroatoms. The SMILES string of the molecule is Cc1cc(Cc2ccc(N(C)C)cc2)c2ccccc2c1O. The second kappa shape index (κ2) is 5.72. The molecule has 1 N–H and O–H groups in total. The lowest BCUT2D eigenvalue weighted by Gasteiger charge is -2.14. The molecule has 0 saturated carbocycles. The third-order valence-electron chi connectivity index (χ3n) is 4.14. The molecule has 0 aliphatic carbocycles. The number of phenols is 1. The van der Waals surface area contributed by atoms with Crippen LogP contribution in [0.5, 0.6) is 5.75 Å². The molecule has 0 aliphatic heterocycles. The highest BCUT2D eigenvalue weighted by atomic mass is 16.3. The summed E-state index contributed by atoms with van der Waals surface area (Å²) in [5.41, 5.74) is 4.67. The van der Waals surface area contributed by atoms with Crippen LogP contribution in [0.1, 0.15) is 16.7 Å². The van der Waals surface area contributed by atoms with E-state index in [1.807, 2.05) is 39.2 Å². The van der Waals surface area contributed by atoms with Crippen LogP contribution in [-0.4, -0.2) is 19.2 Å². The minimum Gasteiger partial charge on any atom is -0.507 e. The maximum atomic E-state index is 10.2. The average Bonchev–Trinajstić information content (AvgIpc) is 2.53. The van der Waals surface area contributed by atoms with Crippen molar-refractivity contribution < 1.29 is 5.11 Å². The van der Waals surface area contributed by atoms with Gasteiger partial charge in [0.1, 0.15) is 5.75 Å². The molecule has 3 rings (SSSR count). The lowest BCUT2D eigenvalue weighted by molar-refractivity contribution is 0.477. The molecule has 0 bridgehead atoms. The molecule has 0 aromatic heterocycles. The third-order valence-corrected chi connectivity index (χ3v) is 4.14. The summed E-state index contributed by atoms with van der Waals surface area (Å²) in [4.78, 5) is 2.10. The molecule has 0 aliphatic rings. The maximum absolute atomic E-state index is 10.2. The number of hydrogen-bond donors (Lipinski definition) is 1. The largest absolute Gasteiger partial charge is 0.507 e. The van der Waals surface area contributed by atoms with Gasteiger partial charge in [-0.05, 0) is 47.6 Å². The van der Waals surface area contributed by atoms with E-state index in [1.165, 1.54) is 16.8 Å². The van der Waals surface area contributed by atoms with Crippen molar-refractivity contribution >= 4 is 16.5 Å². The molecule has 0 heterocycles. The summed E-state index contributed by atoms with van der Waals surface area (Å²) in [5, 5.41) is 12.3. The van der Waals surface area contributed by atoms with Crippen LogP contribution in [0.25, 0.3) is 10.8 Å². The molecule has 0 fully saturated rings. The van der Waals surface area contributed by atoms with Crippen molar-refractivity contribution in [1.29, 1.82) is 0 Å². The van der Waals surface area contributed by atoms with Crippen LogP contribution in [0.15, 0.2) is 54.6 Å². The van der Waals surface area contributed by atoms with Crippen molar-refractivity contribution in [3.63, 3.8) is 0 Å². The van der Waals surface area contributed by atoms with Gasteiger partial charge in [0.15, 0.2) is 0 Å². The quantitative estimate of drug-likeness (QED) is 0.767. The summed E-state index contributed by atoms with van der Waals surface area (Å²) < 4.78 is 0. The number of benzene rings is 3. The van der Waals surface area contributed by atoms with Gasteiger partial charge in [-0.1, -0.05) is 42.5 Å². The van der Waals surface area contributed by atoms with E-state index in [1.54, 1.807) is 0 Å². The summed E-state index contributed by atoms with van der Waals surface area (Å²) in [6.45, 7) is 1.96. The fourth-order valence-electron chi connectivity index (χ4n) is 2.87. The molecule has 22 heavy (non-hydrogen) atoms. The van der Waals surface area contributed by atoms with Gasteiger partial charge in [-0.25, -0.2) is 0 Å². The lowest BCUT2D eigenvalue weighted by atomic mass is 9.95. The van der Waals surface area contributed by atoms with Crippen molar-refractivity contribution in [2.45, 2.75) is 13.3 Å². The summed E-state index contributed by atoms with van der Waals surface area (Å²) in [6, 6.07) is 18.8. The standard InChI is InChI=1S/C20H21NO/c1-14-12-16(18-6-4-5-7-19(18)20(14)22)13-15-8-10-17(11-9-15)21(2)3/h4-12,22H,13H2,1-3H3. The first-order valence-electron chi connectivity index (χ1n) is 7.52. The van der Waals surface area contributed by atoms with Gasteiger partial charge in [0.25, 0.3) is 0 Å². The van der Waals surface area contributed by atoms with Gasteiger partial charge < -0.3 is 10.0 Å². The Kier molecular flexibility index (Phi) is 3.76. The molecule has 0 radical (unpaired) electrons. The molecular weight excluding hydrogens is 270 g/mol. The third kappa shape index (κ3) is 2.64. The van der Waals surface area contributed by atoms with Gasteiger partial charge >= 0.3 is 0 Å². The van der Waals surface area contributed by atoms with Crippen LogP contribution in [0.2, 0.25) is 0 Å². The van der Waals surface area contributed by atoms with Crippen molar-refractivity contribution in [2.75, 3.05) is 19.0 Å². The number of nitrogens with zero attached hydrogens (tertiary/aromatic N) is 1. The Morgan fingerprint density at radius 3 is 2.18 bits per heavy atom. The number of fused-ring (bicyclic) bond motifs is 1. The van der Waals surface area contributed by atoms with Crippen molar-refractivity contribution in [3.8, 4) is 5.75 Å². The summed E-state index contributed by atoms with van der Waals surface area (Å²) in [7, 11) is 4.09. The molecule has 3 aromatic rings. The molecule has 2 nitrogen and oxygen atoms in total. The van der Waals surface area contributed by atoms with Crippen molar-refractivity contribution in [3.05, 3.63) is 71.3 Å². The fourth-order valence-corrected chi connectivity index (χ4v) is 2.87. The molecular formula is C20H21NO. The Bertz CT molecular complexity index is 804. The van der Waals surface area contributed by atoms with E-state index in [2.05, 4.69) is 41.3 Å². The minimum absolute atomic E-state index is 0.391. The van der Waals surface area contributed by atoms with E-state index in [9.17, 15) is 5.11 Å². The summed E-state index contributed by atoms with van der Waals surface area (Å²) >= 11 is 0. The Labute approximate surface area is 131 Å². The highest BCUT2D eigenvalue weighted by molar-refractivity contribution is 5.92. The normalized spacial score (nSPS) is 10.9. The zero-order chi connectivity index (χ0) is 15.7. The van der Waals surface area contributed by atoms with Crippen LogP contribution >= 0.6 is 0 Å². The van der Waals surface area contributed by atoms with Crippen LogP contribution in [-0.2, 0) is 6.42 Å². The summed E-state index contributed by atoms with van der Waals surface area (Å²) in [6.07, 6.45) is 0.870. The average molecular weight is 291 g/mol. The van der Waals surface area contributed by atoms with E-state index in [0.29, 0.717) is 5.75 Å². The molecule has 0 atom stereocenters. The zero-order valence-corrected chi connectivity index (χ0v) is 13.3. The van der Waals surface area contributed by atoms with E-state index in [4.69, 9.17) is 0 Å². The Hall–Kier alpha value is -2.48. The van der Waals surface area contributed by atoms with E-state index < -0.39 is 0 Å². The first-order valence-corrected chi connectivity index (χ1v) is 7.52. The molecule has 0 amide bonds. The lowest BCUT2D eigenvalue weighted by Crippen LogP contribution is -2.08. The first-order chi connectivity index (χ1) is 10.6. The monoisotopic (exact) mass is 291 g/mol. The van der Waals surface area contributed by atoms with Gasteiger partial charge in [0, 0.05) is 25.2 Å². The van der Waals surface area contributed by atoms with E-state index in [0.717, 1.165) is 22.8 Å². The number of hydrogen-bond acceptors (Lipinski definition) is 2. The Balaban J connectivity index is 2.02. The molecule has 0 spiro atoms. The predicted molar refractivity (Wildman–Crippen MR) is 93.9 cm³/mol. The highest BCUT2D eigenvalue weighted by Crippen LogP contribution is 2.32. The minimum atomic E-state index is 0.391. The van der Waals surface area contributed by atoms with Gasteiger partial charge in [0.2, 0.25) is 0 Å². The second-order valence-corrected chi connectivity index (χ2v) is 5.98. The van der Waals surface area contributed by atoms with Crippen LogP contribution < -0.4 is 4.90 Å². The number of aromatic hydroxyl groups is 1. The van der Waals surface area contributed by atoms with Crippen molar-refractivity contribution in [1.82, 2.24) is 0 Å². The van der Waals surface area contributed by atoms with Gasteiger partial charge in [-0.2, -0.15) is 0 Å². The highest BCUT2D eigenvalue weighted by Gasteiger charge is 2.09. The second-order valence-electron chi connectivity index (χ2n) is 5.98. The smallest absolute Gasteiger partial charge is 0.126 e. The van der Waals surface area contributed by atoms with Gasteiger partial charge in [0.05, 0.1) is 0 Å². The van der Waals surface area contributed by atoms with Crippen LogP contribution in [0.4, 0.5) is 5.69 Å². The van der Waals surface area contributed by atoms with Crippen LogP contribution in [0, 0.1) is 6.92 Å². The molecule has 0 saturated heterocycles. The van der Waals surface area contributed by atoms with Crippen molar-refractivity contribution in [2.24, 2.45) is 0 Å². The van der Waals surface area contributed by atoms with E-state index in [-0.39, 0.29) is 0 Å². The number of phenolic OH excluding ortho intramolecular Hbond substituents is 1.